The van der Waals surface area contributed by atoms with Crippen molar-refractivity contribution in [1.29, 1.82) is 0 Å². The molecule has 13 heteroatoms. The first-order chi connectivity index (χ1) is 28.0. The summed E-state index contributed by atoms with van der Waals surface area (Å²) in [6.07, 6.45) is -4.51. The molecule has 4 aromatic rings. The lowest BCUT2D eigenvalue weighted by atomic mass is 9.99. The molecular formula is C45H49NO11S. The molecule has 58 heavy (non-hydrogen) atoms. The topological polar surface area (TPSA) is 148 Å². The Morgan fingerprint density at radius 2 is 1.22 bits per heavy atom. The van der Waals surface area contributed by atoms with Gasteiger partial charge in [-0.15, -0.1) is 11.8 Å². The van der Waals surface area contributed by atoms with Gasteiger partial charge in [0.05, 0.1) is 26.4 Å². The number of benzene rings is 4. The van der Waals surface area contributed by atoms with Crippen LogP contribution >= 0.6 is 11.8 Å². The van der Waals surface area contributed by atoms with Crippen molar-refractivity contribution >= 4 is 29.8 Å². The van der Waals surface area contributed by atoms with Gasteiger partial charge in [0.15, 0.2) is 0 Å². The van der Waals surface area contributed by atoms with E-state index in [1.165, 1.54) is 0 Å². The van der Waals surface area contributed by atoms with Crippen LogP contribution in [0.3, 0.4) is 0 Å². The first-order valence-corrected chi connectivity index (χ1v) is 20.0. The molecule has 6 rings (SSSR count). The molecule has 0 unspecified atom stereocenters. The number of nitrogens with one attached hydrogen (secondary N) is 1. The fourth-order valence-electron chi connectivity index (χ4n) is 6.39. The van der Waals surface area contributed by atoms with E-state index in [1.54, 1.807) is 32.9 Å². The van der Waals surface area contributed by atoms with E-state index in [0.29, 0.717) is 6.61 Å². The molecule has 0 aliphatic carbocycles. The monoisotopic (exact) mass is 811 g/mol. The van der Waals surface area contributed by atoms with Gasteiger partial charge in [0.25, 0.3) is 0 Å². The minimum Gasteiger partial charge on any atom is -0.477 e. The normalized spacial score (nSPS) is 20.9. The highest BCUT2D eigenvalue weighted by Gasteiger charge is 2.52. The molecule has 0 bridgehead atoms. The van der Waals surface area contributed by atoms with Crippen molar-refractivity contribution in [3.05, 3.63) is 154 Å². The van der Waals surface area contributed by atoms with Crippen LogP contribution in [0.2, 0.25) is 0 Å². The van der Waals surface area contributed by atoms with E-state index in [9.17, 15) is 19.5 Å². The Bertz CT molecular complexity index is 1960. The number of thioether (sulfide) groups is 1. The third-order valence-corrected chi connectivity index (χ3v) is 10.5. The summed E-state index contributed by atoms with van der Waals surface area (Å²) in [6, 6.07) is 36.7. The number of amides is 1. The maximum Gasteiger partial charge on any atom is 0.408 e. The Kier molecular flexibility index (Phi) is 15.0. The number of alkyl carbamates (subject to hydrolysis) is 1. The molecule has 2 N–H and O–H groups in total. The third kappa shape index (κ3) is 12.4. The highest BCUT2D eigenvalue weighted by Crippen LogP contribution is 2.45. The molecule has 1 saturated heterocycles. The lowest BCUT2D eigenvalue weighted by Gasteiger charge is -2.47. The number of fused-ring (bicyclic) bond motifs is 1. The molecule has 0 saturated carbocycles. The molecule has 2 heterocycles. The maximum atomic E-state index is 13.6. The van der Waals surface area contributed by atoms with Crippen molar-refractivity contribution in [2.75, 3.05) is 6.61 Å². The first kappa shape index (κ1) is 42.4. The van der Waals surface area contributed by atoms with Gasteiger partial charge in [-0.2, -0.15) is 0 Å². The van der Waals surface area contributed by atoms with Gasteiger partial charge in [-0.3, -0.25) is 0 Å². The number of hydrogen-bond acceptors (Lipinski definition) is 11. The molecule has 4 aromatic carbocycles. The van der Waals surface area contributed by atoms with E-state index < -0.39 is 59.5 Å². The number of carboxylic acid groups (broad SMARTS) is 1. The smallest absolute Gasteiger partial charge is 0.408 e. The number of carbonyl (C=O) groups is 3. The second-order valence-electron chi connectivity index (χ2n) is 14.8. The molecule has 0 aromatic heterocycles. The van der Waals surface area contributed by atoms with Gasteiger partial charge in [-0.25, -0.2) is 14.4 Å². The summed E-state index contributed by atoms with van der Waals surface area (Å²) in [4.78, 5) is 39.5. The molecule has 12 nitrogen and oxygen atoms in total. The first-order valence-electron chi connectivity index (χ1n) is 19.1. The summed E-state index contributed by atoms with van der Waals surface area (Å²) < 4.78 is 43.6. The number of carboxylic acids is 1. The summed E-state index contributed by atoms with van der Waals surface area (Å²) in [5.74, 6) is -2.17. The molecule has 306 valence electrons. The summed E-state index contributed by atoms with van der Waals surface area (Å²) in [7, 11) is 0. The molecular weight excluding hydrogens is 763 g/mol. The van der Waals surface area contributed by atoms with Crippen molar-refractivity contribution in [1.82, 2.24) is 5.32 Å². The second-order valence-corrected chi connectivity index (χ2v) is 16.0. The van der Waals surface area contributed by atoms with E-state index in [2.05, 4.69) is 5.32 Å². The van der Waals surface area contributed by atoms with Crippen molar-refractivity contribution in [3.8, 4) is 0 Å². The average Bonchev–Trinajstić information content (AvgIpc) is 3.21. The zero-order chi connectivity index (χ0) is 40.9. The van der Waals surface area contributed by atoms with E-state index in [1.807, 2.05) is 109 Å². The Morgan fingerprint density at radius 1 is 0.724 bits per heavy atom. The van der Waals surface area contributed by atoms with Crippen molar-refractivity contribution in [2.45, 2.75) is 95.1 Å². The van der Waals surface area contributed by atoms with Gasteiger partial charge < -0.3 is 43.6 Å². The van der Waals surface area contributed by atoms with Crippen molar-refractivity contribution in [3.63, 3.8) is 0 Å². The molecule has 6 atom stereocenters. The summed E-state index contributed by atoms with van der Waals surface area (Å²) in [6.45, 7) is 5.83. The van der Waals surface area contributed by atoms with Crippen LogP contribution in [0.25, 0.3) is 0 Å². The van der Waals surface area contributed by atoms with Gasteiger partial charge >= 0.3 is 18.0 Å². The fourth-order valence-corrected chi connectivity index (χ4v) is 7.62. The molecule has 1 amide bonds. The minimum atomic E-state index is -1.37. The van der Waals surface area contributed by atoms with Crippen LogP contribution in [-0.4, -0.2) is 71.2 Å². The lowest BCUT2D eigenvalue weighted by molar-refractivity contribution is -0.267. The number of hydrogen-bond donors (Lipinski definition) is 2. The number of rotatable bonds is 17. The summed E-state index contributed by atoms with van der Waals surface area (Å²) in [5, 5.41) is 12.4. The van der Waals surface area contributed by atoms with Crippen LogP contribution in [0.1, 0.15) is 49.4 Å². The zero-order valence-corrected chi connectivity index (χ0v) is 33.5. The third-order valence-electron chi connectivity index (χ3n) is 9.10. The SMILES string of the molecule is CC(C)(C)OC(=O)N[C@@H](CC1=C(C(=O)O)S[C@H]2[C@@H](O1)O[C@H](COCc1ccccc1)[C@@H](OCc1ccccc1)[C@@H]2OCc1ccccc1)C(=O)OCc1ccccc1. The van der Waals surface area contributed by atoms with Gasteiger partial charge in [0, 0.05) is 6.42 Å². The van der Waals surface area contributed by atoms with Gasteiger partial charge in [-0.1, -0.05) is 121 Å². The predicted molar refractivity (Wildman–Crippen MR) is 216 cm³/mol. The van der Waals surface area contributed by atoms with Gasteiger partial charge in [0.1, 0.15) is 52.5 Å². The van der Waals surface area contributed by atoms with Crippen LogP contribution in [0.5, 0.6) is 0 Å². The molecule has 2 aliphatic rings. The Morgan fingerprint density at radius 3 is 1.74 bits per heavy atom. The number of ether oxygens (including phenoxy) is 7. The lowest BCUT2D eigenvalue weighted by Crippen LogP contribution is -2.61. The van der Waals surface area contributed by atoms with Crippen LogP contribution in [0.15, 0.2) is 132 Å². The Balaban J connectivity index is 1.30. The van der Waals surface area contributed by atoms with Crippen molar-refractivity contribution in [2.24, 2.45) is 0 Å². The van der Waals surface area contributed by atoms with E-state index >= 15 is 0 Å². The minimum absolute atomic E-state index is 0.0735. The highest BCUT2D eigenvalue weighted by molar-refractivity contribution is 8.04. The van der Waals surface area contributed by atoms with Crippen LogP contribution in [-0.2, 0) is 69.2 Å². The van der Waals surface area contributed by atoms with E-state index in [4.69, 9.17) is 33.2 Å². The Hall–Kier alpha value is -5.18. The highest BCUT2D eigenvalue weighted by atomic mass is 32.2. The van der Waals surface area contributed by atoms with E-state index in [0.717, 1.165) is 34.0 Å². The maximum absolute atomic E-state index is 13.6. The summed E-state index contributed by atoms with van der Waals surface area (Å²) >= 11 is 1.00. The van der Waals surface area contributed by atoms with Crippen molar-refractivity contribution < 1.29 is 52.6 Å². The molecule has 0 radical (unpaired) electrons. The zero-order valence-electron chi connectivity index (χ0n) is 32.7. The largest absolute Gasteiger partial charge is 0.477 e. The Labute approximate surface area is 342 Å². The predicted octanol–water partition coefficient (Wildman–Crippen LogP) is 7.55. The number of aliphatic carboxylic acids is 1. The van der Waals surface area contributed by atoms with Gasteiger partial charge in [-0.05, 0) is 43.0 Å². The number of esters is 1. The van der Waals surface area contributed by atoms with Crippen LogP contribution in [0.4, 0.5) is 4.79 Å². The molecule has 2 aliphatic heterocycles. The molecule has 1 fully saturated rings. The quantitative estimate of drug-likeness (QED) is 0.102. The number of carbonyl (C=O) groups excluding carboxylic acids is 2. The summed E-state index contributed by atoms with van der Waals surface area (Å²) in [5.41, 5.74) is 2.66. The van der Waals surface area contributed by atoms with Crippen LogP contribution < -0.4 is 5.32 Å². The van der Waals surface area contributed by atoms with E-state index in [-0.39, 0.29) is 43.5 Å². The van der Waals surface area contributed by atoms with Crippen LogP contribution in [0, 0.1) is 0 Å². The second kappa shape index (κ2) is 20.5. The molecule has 0 spiro atoms. The fraction of sp³-hybridized carbons (Fsp3) is 0.356. The average molecular weight is 812 g/mol. The van der Waals surface area contributed by atoms with Gasteiger partial charge in [0.2, 0.25) is 6.29 Å². The standard InChI is InChI=1S/C45H49NO11S/c1-45(2,3)57-44(50)46-34(42(49)54-28-33-22-14-7-15-23-33)24-35-39(41(47)48)58-40-38(53-27-32-20-12-6-13-21-32)37(52-26-31-18-10-5-11-19-31)36(56-43(40)55-35)29-51-25-30-16-8-4-9-17-30/h4-23,34,36-38,40,43H,24-29H2,1-3H3,(H,46,50)(H,47,48)/t34-,36+,37+,38-,40+,43-/m0/s1.